The van der Waals surface area contributed by atoms with Crippen molar-refractivity contribution >= 4 is 29.3 Å². The van der Waals surface area contributed by atoms with Gasteiger partial charge in [-0.1, -0.05) is 11.6 Å². The van der Waals surface area contributed by atoms with Crippen molar-refractivity contribution in [3.63, 3.8) is 0 Å². The molecule has 0 spiro atoms. The van der Waals surface area contributed by atoms with Gasteiger partial charge in [0.25, 0.3) is 0 Å². The molecule has 1 aliphatic rings. The first-order valence-electron chi connectivity index (χ1n) is 7.32. The molecule has 8 heteroatoms. The van der Waals surface area contributed by atoms with Crippen molar-refractivity contribution < 1.29 is 19.4 Å². The summed E-state index contributed by atoms with van der Waals surface area (Å²) in [5.41, 5.74) is 6.33. The van der Waals surface area contributed by atoms with Crippen LogP contribution in [0.25, 0.3) is 0 Å². The molecule has 0 bridgehead atoms. The highest BCUT2D eigenvalue weighted by Gasteiger charge is 2.20. The first-order chi connectivity index (χ1) is 11.0. The van der Waals surface area contributed by atoms with Crippen molar-refractivity contribution in [1.29, 1.82) is 0 Å². The van der Waals surface area contributed by atoms with E-state index in [2.05, 4.69) is 5.32 Å². The number of aliphatic hydroxyl groups is 1. The van der Waals surface area contributed by atoms with E-state index in [0.717, 1.165) is 5.75 Å². The topological polar surface area (TPSA) is 93.8 Å². The van der Waals surface area contributed by atoms with Crippen molar-refractivity contribution in [3.8, 4) is 11.5 Å². The molecule has 0 aliphatic carbocycles. The number of amides is 1. The standard InChI is InChI=1S/C15H21ClN2O4S/c1-23-5-2-11(17)15(20)18-8-12(19)9-6-10(16)14-13(7-9)21-3-4-22-14/h6-7,11-12,19H,2-5,8,17H2,1H3,(H,18,20)/t11-,12?/m0/s1. The normalized spacial score (nSPS) is 15.8. The number of carbonyl (C=O) groups is 1. The molecule has 128 valence electrons. The summed E-state index contributed by atoms with van der Waals surface area (Å²) in [5, 5.41) is 13.3. The average molecular weight is 361 g/mol. The Labute approximate surface area is 144 Å². The van der Waals surface area contributed by atoms with Gasteiger partial charge in [-0.3, -0.25) is 4.79 Å². The average Bonchev–Trinajstić information content (AvgIpc) is 2.57. The zero-order chi connectivity index (χ0) is 16.8. The molecule has 1 aromatic rings. The van der Waals surface area contributed by atoms with E-state index in [9.17, 15) is 9.90 Å². The predicted octanol–water partition coefficient (Wildman–Crippen LogP) is 1.34. The second-order valence-corrected chi connectivity index (χ2v) is 6.57. The molecular formula is C15H21ClN2O4S. The quantitative estimate of drug-likeness (QED) is 0.679. The van der Waals surface area contributed by atoms with Gasteiger partial charge in [-0.25, -0.2) is 0 Å². The molecule has 0 saturated carbocycles. The summed E-state index contributed by atoms with van der Waals surface area (Å²) in [7, 11) is 0. The Balaban J connectivity index is 1.94. The lowest BCUT2D eigenvalue weighted by atomic mass is 10.1. The van der Waals surface area contributed by atoms with E-state index in [1.807, 2.05) is 6.26 Å². The Morgan fingerprint density at radius 1 is 1.48 bits per heavy atom. The summed E-state index contributed by atoms with van der Waals surface area (Å²) in [6.45, 7) is 0.935. The van der Waals surface area contributed by atoms with Crippen LogP contribution in [0, 0.1) is 0 Å². The van der Waals surface area contributed by atoms with Crippen molar-refractivity contribution in [2.24, 2.45) is 5.73 Å². The molecule has 1 unspecified atom stereocenters. The third kappa shape index (κ3) is 4.91. The fourth-order valence-corrected chi connectivity index (χ4v) is 2.91. The number of nitrogens with one attached hydrogen (secondary N) is 1. The molecular weight excluding hydrogens is 340 g/mol. The first kappa shape index (κ1) is 18.2. The van der Waals surface area contributed by atoms with Crippen molar-refractivity contribution in [2.75, 3.05) is 31.8 Å². The van der Waals surface area contributed by atoms with Crippen LogP contribution in [-0.2, 0) is 4.79 Å². The van der Waals surface area contributed by atoms with Crippen LogP contribution in [0.2, 0.25) is 5.02 Å². The number of halogens is 1. The molecule has 0 radical (unpaired) electrons. The van der Waals surface area contributed by atoms with Crippen molar-refractivity contribution in [2.45, 2.75) is 18.6 Å². The number of rotatable bonds is 7. The Morgan fingerprint density at radius 3 is 2.96 bits per heavy atom. The first-order valence-corrected chi connectivity index (χ1v) is 9.09. The Morgan fingerprint density at radius 2 is 2.22 bits per heavy atom. The number of aliphatic hydroxyl groups excluding tert-OH is 1. The second kappa shape index (κ2) is 8.63. The second-order valence-electron chi connectivity index (χ2n) is 5.18. The smallest absolute Gasteiger partial charge is 0.237 e. The molecule has 2 rings (SSSR count). The summed E-state index contributed by atoms with van der Waals surface area (Å²) in [6, 6.07) is 2.71. The zero-order valence-corrected chi connectivity index (χ0v) is 14.5. The van der Waals surface area contributed by atoms with Crippen molar-refractivity contribution in [3.05, 3.63) is 22.7 Å². The molecule has 4 N–H and O–H groups in total. The number of hydrogen-bond donors (Lipinski definition) is 3. The summed E-state index contributed by atoms with van der Waals surface area (Å²) < 4.78 is 10.9. The van der Waals surface area contributed by atoms with E-state index < -0.39 is 12.1 Å². The van der Waals surface area contributed by atoms with E-state index >= 15 is 0 Å². The highest BCUT2D eigenvalue weighted by Crippen LogP contribution is 2.39. The maximum Gasteiger partial charge on any atom is 0.237 e. The lowest BCUT2D eigenvalue weighted by Crippen LogP contribution is -2.42. The third-order valence-corrected chi connectivity index (χ3v) is 4.37. The Kier molecular flexibility index (Phi) is 6.83. The van der Waals surface area contributed by atoms with Crippen LogP contribution < -0.4 is 20.5 Å². The van der Waals surface area contributed by atoms with Crippen LogP contribution in [0.3, 0.4) is 0 Å². The number of carbonyl (C=O) groups excluding carboxylic acids is 1. The highest BCUT2D eigenvalue weighted by molar-refractivity contribution is 7.98. The number of fused-ring (bicyclic) bond motifs is 1. The van der Waals surface area contributed by atoms with E-state index in [1.54, 1.807) is 23.9 Å². The van der Waals surface area contributed by atoms with Crippen LogP contribution in [0.15, 0.2) is 12.1 Å². The monoisotopic (exact) mass is 360 g/mol. The molecule has 2 atom stereocenters. The Hall–Kier alpha value is -1.15. The molecule has 1 aliphatic heterocycles. The fourth-order valence-electron chi connectivity index (χ4n) is 2.15. The van der Waals surface area contributed by atoms with Gasteiger partial charge in [0.2, 0.25) is 5.91 Å². The van der Waals surface area contributed by atoms with Gasteiger partial charge < -0.3 is 25.6 Å². The maximum atomic E-state index is 11.9. The van der Waals surface area contributed by atoms with E-state index in [4.69, 9.17) is 26.8 Å². The summed E-state index contributed by atoms with van der Waals surface area (Å²) in [6.07, 6.45) is 1.65. The van der Waals surface area contributed by atoms with Crippen LogP contribution in [0.1, 0.15) is 18.1 Å². The highest BCUT2D eigenvalue weighted by atomic mass is 35.5. The number of benzene rings is 1. The van der Waals surface area contributed by atoms with Gasteiger partial charge in [-0.05, 0) is 36.1 Å². The maximum absolute atomic E-state index is 11.9. The number of nitrogens with two attached hydrogens (primary N) is 1. The minimum Gasteiger partial charge on any atom is -0.486 e. The van der Waals surface area contributed by atoms with Gasteiger partial charge >= 0.3 is 0 Å². The van der Waals surface area contributed by atoms with Gasteiger partial charge in [0.05, 0.1) is 17.2 Å². The number of hydrogen-bond acceptors (Lipinski definition) is 6. The minimum absolute atomic E-state index is 0.0573. The molecule has 0 fully saturated rings. The molecule has 1 aromatic carbocycles. The van der Waals surface area contributed by atoms with Crippen LogP contribution in [0.5, 0.6) is 11.5 Å². The largest absolute Gasteiger partial charge is 0.486 e. The van der Waals surface area contributed by atoms with Crippen LogP contribution in [0.4, 0.5) is 0 Å². The molecule has 6 nitrogen and oxygen atoms in total. The lowest BCUT2D eigenvalue weighted by molar-refractivity contribution is -0.122. The SMILES string of the molecule is CSCC[C@H](N)C(=O)NCC(O)c1cc(Cl)c2c(c1)OCCO2. The van der Waals surface area contributed by atoms with Gasteiger partial charge in [-0.2, -0.15) is 11.8 Å². The Bertz CT molecular complexity index is 559. The molecule has 1 heterocycles. The third-order valence-electron chi connectivity index (χ3n) is 3.44. The van der Waals surface area contributed by atoms with Crippen LogP contribution >= 0.6 is 23.4 Å². The minimum atomic E-state index is -0.903. The summed E-state index contributed by atoms with van der Waals surface area (Å²) >= 11 is 7.77. The molecule has 23 heavy (non-hydrogen) atoms. The van der Waals surface area contributed by atoms with E-state index in [-0.39, 0.29) is 12.5 Å². The summed E-state index contributed by atoms with van der Waals surface area (Å²) in [4.78, 5) is 11.9. The number of thioether (sulfide) groups is 1. The molecule has 0 aromatic heterocycles. The van der Waals surface area contributed by atoms with Crippen LogP contribution in [-0.4, -0.2) is 48.8 Å². The summed E-state index contributed by atoms with van der Waals surface area (Å²) in [5.74, 6) is 1.52. The molecule has 1 amide bonds. The van der Waals surface area contributed by atoms with Gasteiger partial charge in [0.1, 0.15) is 13.2 Å². The number of ether oxygens (including phenoxy) is 2. The van der Waals surface area contributed by atoms with Gasteiger partial charge in [0, 0.05) is 6.54 Å². The van der Waals surface area contributed by atoms with Crippen molar-refractivity contribution in [1.82, 2.24) is 5.32 Å². The van der Waals surface area contributed by atoms with Gasteiger partial charge in [-0.15, -0.1) is 0 Å². The van der Waals surface area contributed by atoms with E-state index in [1.165, 1.54) is 0 Å². The predicted molar refractivity (Wildman–Crippen MR) is 91.4 cm³/mol. The van der Waals surface area contributed by atoms with E-state index in [0.29, 0.717) is 41.7 Å². The molecule has 0 saturated heterocycles. The fraction of sp³-hybridized carbons (Fsp3) is 0.533. The lowest BCUT2D eigenvalue weighted by Gasteiger charge is -2.22. The van der Waals surface area contributed by atoms with Gasteiger partial charge in [0.15, 0.2) is 11.5 Å². The zero-order valence-electron chi connectivity index (χ0n) is 12.9.